The summed E-state index contributed by atoms with van der Waals surface area (Å²) in [6.45, 7) is 2.51. The van der Waals surface area contributed by atoms with Gasteiger partial charge in [0, 0.05) is 12.6 Å². The van der Waals surface area contributed by atoms with Gasteiger partial charge in [0.05, 0.1) is 12.0 Å². The van der Waals surface area contributed by atoms with E-state index in [0.29, 0.717) is 18.9 Å². The van der Waals surface area contributed by atoms with Crippen LogP contribution in [0.15, 0.2) is 4.99 Å². The number of nitrogens with one attached hydrogen (secondary N) is 2. The molecule has 1 heterocycles. The van der Waals surface area contributed by atoms with Crippen molar-refractivity contribution in [2.45, 2.75) is 38.4 Å². The smallest absolute Gasteiger partial charge is 0.355 e. The first-order valence-electron chi connectivity index (χ1n) is 5.55. The van der Waals surface area contributed by atoms with E-state index in [-0.39, 0.29) is 25.4 Å². The minimum atomic E-state index is -4.11. The molecule has 0 radical (unpaired) electrons. The fourth-order valence-corrected chi connectivity index (χ4v) is 2.08. The van der Waals surface area contributed by atoms with E-state index in [1.165, 1.54) is 0 Å². The quantitative estimate of drug-likeness (QED) is 0.763. The van der Waals surface area contributed by atoms with E-state index in [4.69, 9.17) is 0 Å². The van der Waals surface area contributed by atoms with Gasteiger partial charge < -0.3 is 10.6 Å². The largest absolute Gasteiger partial charge is 0.396 e. The third-order valence-corrected chi connectivity index (χ3v) is 3.41. The minimum absolute atomic E-state index is 0.0605. The third-order valence-electron chi connectivity index (χ3n) is 3.41. The molecule has 1 fully saturated rings. The van der Waals surface area contributed by atoms with Crippen molar-refractivity contribution in [2.75, 3.05) is 13.1 Å². The highest BCUT2D eigenvalue weighted by Crippen LogP contribution is 2.52. The molecule has 92 valence electrons. The maximum atomic E-state index is 12.8. The van der Waals surface area contributed by atoms with E-state index in [1.54, 1.807) is 0 Å². The predicted octanol–water partition coefficient (Wildman–Crippen LogP) is 1.66. The van der Waals surface area contributed by atoms with Crippen molar-refractivity contribution < 1.29 is 13.2 Å². The van der Waals surface area contributed by atoms with Crippen LogP contribution < -0.4 is 10.6 Å². The van der Waals surface area contributed by atoms with Crippen molar-refractivity contribution >= 4 is 5.96 Å². The Labute approximate surface area is 92.5 Å². The number of aliphatic imine (C=N–C) groups is 1. The van der Waals surface area contributed by atoms with E-state index in [0.717, 1.165) is 0 Å². The van der Waals surface area contributed by atoms with Gasteiger partial charge in [-0.3, -0.25) is 4.99 Å². The van der Waals surface area contributed by atoms with Crippen LogP contribution in [0.4, 0.5) is 13.2 Å². The van der Waals surface area contributed by atoms with Crippen LogP contribution in [0.3, 0.4) is 0 Å². The average molecular weight is 235 g/mol. The van der Waals surface area contributed by atoms with E-state index >= 15 is 0 Å². The summed E-state index contributed by atoms with van der Waals surface area (Å²) in [6, 6.07) is 0.214. The number of hydrogen-bond acceptors (Lipinski definition) is 3. The summed E-state index contributed by atoms with van der Waals surface area (Å²) in [6.07, 6.45) is -2.99. The van der Waals surface area contributed by atoms with Crippen molar-refractivity contribution in [1.29, 1.82) is 0 Å². The van der Waals surface area contributed by atoms with Gasteiger partial charge >= 0.3 is 6.18 Å². The van der Waals surface area contributed by atoms with Crippen molar-refractivity contribution in [3.05, 3.63) is 0 Å². The van der Waals surface area contributed by atoms with E-state index in [1.807, 2.05) is 6.92 Å². The molecule has 1 atom stereocenters. The summed E-state index contributed by atoms with van der Waals surface area (Å²) in [5.41, 5.74) is -1.52. The van der Waals surface area contributed by atoms with Crippen LogP contribution in [0.1, 0.15) is 26.2 Å². The predicted molar refractivity (Wildman–Crippen MR) is 55.2 cm³/mol. The van der Waals surface area contributed by atoms with Gasteiger partial charge in [-0.15, -0.1) is 0 Å². The van der Waals surface area contributed by atoms with E-state index < -0.39 is 11.6 Å². The number of guanidine groups is 1. The normalized spacial score (nSPS) is 28.0. The topological polar surface area (TPSA) is 36.4 Å². The summed E-state index contributed by atoms with van der Waals surface area (Å²) >= 11 is 0. The molecule has 16 heavy (non-hydrogen) atoms. The number of halogens is 3. The second-order valence-corrected chi connectivity index (χ2v) is 4.72. The first kappa shape index (κ1) is 11.5. The first-order valence-corrected chi connectivity index (χ1v) is 5.55. The standard InChI is InChI=1S/C10H16F3N3/c1-7-5-14-8(16-7)15-6-9(3-2-4-9)10(11,12)13/h7H,2-6H2,1H3,(H2,14,15,16). The SMILES string of the molecule is CC1CN=C(NCC2(C(F)(F)F)CCC2)N1. The van der Waals surface area contributed by atoms with Crippen LogP contribution in [0, 0.1) is 5.41 Å². The zero-order chi connectivity index (χ0) is 11.8. The van der Waals surface area contributed by atoms with Gasteiger partial charge in [0.2, 0.25) is 0 Å². The molecule has 1 saturated carbocycles. The Hall–Kier alpha value is -0.940. The fourth-order valence-electron chi connectivity index (χ4n) is 2.08. The molecular weight excluding hydrogens is 219 g/mol. The van der Waals surface area contributed by atoms with Crippen molar-refractivity contribution in [3.63, 3.8) is 0 Å². The highest BCUT2D eigenvalue weighted by molar-refractivity contribution is 5.81. The van der Waals surface area contributed by atoms with E-state index in [9.17, 15) is 13.2 Å². The Morgan fingerprint density at radius 2 is 2.19 bits per heavy atom. The zero-order valence-electron chi connectivity index (χ0n) is 9.19. The van der Waals surface area contributed by atoms with Gasteiger partial charge in [0.1, 0.15) is 0 Å². The molecular formula is C10H16F3N3. The van der Waals surface area contributed by atoms with Gasteiger partial charge in [0.25, 0.3) is 0 Å². The van der Waals surface area contributed by atoms with Gasteiger partial charge in [-0.1, -0.05) is 6.42 Å². The molecule has 1 unspecified atom stereocenters. The lowest BCUT2D eigenvalue weighted by atomic mass is 9.68. The lowest BCUT2D eigenvalue weighted by molar-refractivity contribution is -0.247. The van der Waals surface area contributed by atoms with Gasteiger partial charge in [-0.2, -0.15) is 13.2 Å². The Bertz CT molecular complexity index is 294. The lowest BCUT2D eigenvalue weighted by Gasteiger charge is -2.43. The molecule has 6 heteroatoms. The highest BCUT2D eigenvalue weighted by atomic mass is 19.4. The van der Waals surface area contributed by atoms with Crippen molar-refractivity contribution in [3.8, 4) is 0 Å². The van der Waals surface area contributed by atoms with Crippen LogP contribution >= 0.6 is 0 Å². The second kappa shape index (κ2) is 3.82. The Morgan fingerprint density at radius 3 is 2.56 bits per heavy atom. The Morgan fingerprint density at radius 1 is 1.50 bits per heavy atom. The van der Waals surface area contributed by atoms with Gasteiger partial charge in [-0.25, -0.2) is 0 Å². The monoisotopic (exact) mass is 235 g/mol. The van der Waals surface area contributed by atoms with E-state index in [2.05, 4.69) is 15.6 Å². The molecule has 0 bridgehead atoms. The molecule has 0 aromatic rings. The summed E-state index contributed by atoms with van der Waals surface area (Å²) in [5.74, 6) is 0.503. The maximum Gasteiger partial charge on any atom is 0.396 e. The Balaban J connectivity index is 1.89. The zero-order valence-corrected chi connectivity index (χ0v) is 9.19. The summed E-state index contributed by atoms with van der Waals surface area (Å²) in [7, 11) is 0. The fraction of sp³-hybridized carbons (Fsp3) is 0.900. The van der Waals surface area contributed by atoms with Gasteiger partial charge in [0.15, 0.2) is 5.96 Å². The molecule has 2 aliphatic rings. The summed E-state index contributed by atoms with van der Waals surface area (Å²) in [4.78, 5) is 4.09. The lowest BCUT2D eigenvalue weighted by Crippen LogP contribution is -2.53. The second-order valence-electron chi connectivity index (χ2n) is 4.72. The molecule has 1 aliphatic heterocycles. The van der Waals surface area contributed by atoms with Crippen molar-refractivity contribution in [2.24, 2.45) is 10.4 Å². The molecule has 0 spiro atoms. The molecule has 0 saturated heterocycles. The third kappa shape index (κ3) is 1.97. The molecule has 0 aromatic carbocycles. The van der Waals surface area contributed by atoms with Crippen LogP contribution in [0.2, 0.25) is 0 Å². The summed E-state index contributed by atoms with van der Waals surface area (Å²) in [5, 5.41) is 5.78. The Kier molecular flexibility index (Phi) is 2.75. The van der Waals surface area contributed by atoms with Crippen LogP contribution in [0.25, 0.3) is 0 Å². The van der Waals surface area contributed by atoms with Crippen LogP contribution in [-0.2, 0) is 0 Å². The minimum Gasteiger partial charge on any atom is -0.355 e. The molecule has 0 aromatic heterocycles. The maximum absolute atomic E-state index is 12.8. The summed E-state index contributed by atoms with van der Waals surface area (Å²) < 4.78 is 38.4. The van der Waals surface area contributed by atoms with Crippen LogP contribution in [-0.4, -0.2) is 31.3 Å². The molecule has 0 amide bonds. The molecule has 2 rings (SSSR count). The van der Waals surface area contributed by atoms with Gasteiger partial charge in [-0.05, 0) is 19.8 Å². The molecule has 1 aliphatic carbocycles. The number of alkyl halides is 3. The molecule has 3 nitrogen and oxygen atoms in total. The molecule has 2 N–H and O–H groups in total. The highest BCUT2D eigenvalue weighted by Gasteiger charge is 2.58. The average Bonchev–Trinajstić information content (AvgIpc) is 2.46. The van der Waals surface area contributed by atoms with Crippen LogP contribution in [0.5, 0.6) is 0 Å². The number of nitrogens with zero attached hydrogens (tertiary/aromatic N) is 1. The first-order chi connectivity index (χ1) is 7.43. The van der Waals surface area contributed by atoms with Crippen molar-refractivity contribution in [1.82, 2.24) is 10.6 Å². The number of rotatable bonds is 2. The number of hydrogen-bond donors (Lipinski definition) is 2.